The largest absolute Gasteiger partial charge is 0.396 e. The first-order valence-corrected chi connectivity index (χ1v) is 5.27. The lowest BCUT2D eigenvalue weighted by atomic mass is 9.87. The van der Waals surface area contributed by atoms with Gasteiger partial charge in [-0.3, -0.25) is 0 Å². The summed E-state index contributed by atoms with van der Waals surface area (Å²) in [5.74, 6) is 0.437. The second-order valence-corrected chi connectivity index (χ2v) is 5.56. The van der Waals surface area contributed by atoms with Crippen LogP contribution in [0.3, 0.4) is 0 Å². The van der Waals surface area contributed by atoms with E-state index in [1.54, 1.807) is 0 Å². The molecular weight excluding hydrogens is 162 g/mol. The van der Waals surface area contributed by atoms with Gasteiger partial charge in [0.15, 0.2) is 0 Å². The highest BCUT2D eigenvalue weighted by Crippen LogP contribution is 2.36. The van der Waals surface area contributed by atoms with E-state index in [2.05, 4.69) is 33.0 Å². The molecule has 0 unspecified atom stereocenters. The maximum Gasteiger partial charge on any atom is 0.0476 e. The van der Waals surface area contributed by atoms with E-state index in [0.717, 1.165) is 6.42 Å². The van der Waals surface area contributed by atoms with Gasteiger partial charge in [0.05, 0.1) is 0 Å². The van der Waals surface area contributed by atoms with E-state index in [9.17, 15) is 5.11 Å². The third-order valence-electron chi connectivity index (χ3n) is 3.03. The van der Waals surface area contributed by atoms with Crippen LogP contribution >= 0.6 is 0 Å². The van der Waals surface area contributed by atoms with Crippen molar-refractivity contribution in [2.24, 2.45) is 5.92 Å². The molecule has 0 radical (unpaired) electrons. The van der Waals surface area contributed by atoms with Crippen molar-refractivity contribution < 1.29 is 5.11 Å². The Hall–Kier alpha value is -0.0800. The minimum absolute atomic E-state index is 0.145. The van der Waals surface area contributed by atoms with Crippen molar-refractivity contribution in [3.63, 3.8) is 0 Å². The number of rotatable bonds is 2. The third-order valence-corrected chi connectivity index (χ3v) is 3.03. The number of nitrogens with one attached hydrogen (secondary N) is 1. The van der Waals surface area contributed by atoms with Crippen molar-refractivity contribution in [2.45, 2.75) is 58.0 Å². The molecule has 0 aromatic carbocycles. The first-order chi connectivity index (χ1) is 5.87. The molecule has 2 N–H and O–H groups in total. The summed E-state index contributed by atoms with van der Waals surface area (Å²) in [6.45, 7) is 9.12. The van der Waals surface area contributed by atoms with E-state index in [1.165, 1.54) is 12.8 Å². The van der Waals surface area contributed by atoms with Crippen LogP contribution in [0.5, 0.6) is 0 Å². The van der Waals surface area contributed by atoms with Crippen LogP contribution in [0, 0.1) is 5.92 Å². The van der Waals surface area contributed by atoms with Crippen LogP contribution in [0.2, 0.25) is 0 Å². The van der Waals surface area contributed by atoms with E-state index < -0.39 is 0 Å². The Morgan fingerprint density at radius 3 is 2.54 bits per heavy atom. The number of hydrogen-bond donors (Lipinski definition) is 2. The minimum Gasteiger partial charge on any atom is -0.396 e. The molecule has 1 saturated carbocycles. The summed E-state index contributed by atoms with van der Waals surface area (Å²) in [4.78, 5) is 0. The molecule has 0 amide bonds. The summed E-state index contributed by atoms with van der Waals surface area (Å²) < 4.78 is 0. The molecule has 0 saturated heterocycles. The number of aliphatic hydroxyl groups is 1. The summed E-state index contributed by atoms with van der Waals surface area (Å²) in [6, 6.07) is 0. The van der Waals surface area contributed by atoms with Gasteiger partial charge in [-0.2, -0.15) is 0 Å². The van der Waals surface area contributed by atoms with E-state index in [-0.39, 0.29) is 11.1 Å². The Bertz CT molecular complexity index is 173. The molecule has 13 heavy (non-hydrogen) atoms. The van der Waals surface area contributed by atoms with Gasteiger partial charge < -0.3 is 10.4 Å². The van der Waals surface area contributed by atoms with Gasteiger partial charge in [-0.05, 0) is 46.5 Å². The third kappa shape index (κ3) is 2.68. The maximum atomic E-state index is 9.26. The highest BCUT2D eigenvalue weighted by molar-refractivity contribution is 4.98. The molecule has 0 aliphatic heterocycles. The van der Waals surface area contributed by atoms with Crippen molar-refractivity contribution in [3.8, 4) is 0 Å². The van der Waals surface area contributed by atoms with Gasteiger partial charge in [0.25, 0.3) is 0 Å². The summed E-state index contributed by atoms with van der Waals surface area (Å²) in [5.41, 5.74) is 0.291. The molecule has 0 bridgehead atoms. The van der Waals surface area contributed by atoms with Crippen LogP contribution in [0.4, 0.5) is 0 Å². The summed E-state index contributed by atoms with van der Waals surface area (Å²) in [6.07, 6.45) is 3.59. The zero-order chi connectivity index (χ0) is 10.1. The van der Waals surface area contributed by atoms with Gasteiger partial charge in [0.2, 0.25) is 0 Å². The van der Waals surface area contributed by atoms with Gasteiger partial charge in [0.1, 0.15) is 0 Å². The quantitative estimate of drug-likeness (QED) is 0.689. The molecule has 0 spiro atoms. The van der Waals surface area contributed by atoms with Crippen molar-refractivity contribution in [2.75, 3.05) is 6.61 Å². The second kappa shape index (κ2) is 3.58. The first-order valence-electron chi connectivity index (χ1n) is 5.27. The molecule has 2 heteroatoms. The zero-order valence-corrected chi connectivity index (χ0v) is 9.35. The maximum absolute atomic E-state index is 9.26. The smallest absolute Gasteiger partial charge is 0.0476 e. The highest BCUT2D eigenvalue weighted by atomic mass is 16.3. The minimum atomic E-state index is 0.145. The van der Waals surface area contributed by atoms with Crippen molar-refractivity contribution in [3.05, 3.63) is 0 Å². The van der Waals surface area contributed by atoms with Gasteiger partial charge in [-0.1, -0.05) is 6.42 Å². The second-order valence-electron chi connectivity index (χ2n) is 5.56. The summed E-state index contributed by atoms with van der Waals surface area (Å²) in [7, 11) is 0. The molecule has 1 fully saturated rings. The topological polar surface area (TPSA) is 32.3 Å². The van der Waals surface area contributed by atoms with Crippen LogP contribution < -0.4 is 5.32 Å². The summed E-state index contributed by atoms with van der Waals surface area (Å²) >= 11 is 0. The zero-order valence-electron chi connectivity index (χ0n) is 9.35. The standard InChI is InChI=1S/C11H23NO/c1-10(2,3)12-11(4)7-5-6-9(11)8-13/h9,12-13H,5-8H2,1-4H3/t9-,11-/m0/s1. The van der Waals surface area contributed by atoms with Gasteiger partial charge in [-0.25, -0.2) is 0 Å². The van der Waals surface area contributed by atoms with Crippen molar-refractivity contribution >= 4 is 0 Å². The molecule has 2 nitrogen and oxygen atoms in total. The number of hydrogen-bond acceptors (Lipinski definition) is 2. The average Bonchev–Trinajstić information content (AvgIpc) is 2.26. The monoisotopic (exact) mass is 185 g/mol. The molecule has 1 aliphatic carbocycles. The van der Waals surface area contributed by atoms with E-state index in [0.29, 0.717) is 12.5 Å². The summed E-state index contributed by atoms with van der Waals surface area (Å²) in [5, 5.41) is 12.9. The van der Waals surface area contributed by atoms with Crippen LogP contribution in [-0.2, 0) is 0 Å². The SMILES string of the molecule is CC(C)(C)N[C@@]1(C)CCC[C@H]1CO. The lowest BCUT2D eigenvalue weighted by Crippen LogP contribution is -2.54. The van der Waals surface area contributed by atoms with Crippen LogP contribution in [-0.4, -0.2) is 22.8 Å². The fourth-order valence-electron chi connectivity index (χ4n) is 2.55. The van der Waals surface area contributed by atoms with Crippen molar-refractivity contribution in [1.29, 1.82) is 0 Å². The van der Waals surface area contributed by atoms with Crippen LogP contribution in [0.1, 0.15) is 47.0 Å². The average molecular weight is 185 g/mol. The van der Waals surface area contributed by atoms with Gasteiger partial charge >= 0.3 is 0 Å². The van der Waals surface area contributed by atoms with Gasteiger partial charge in [0, 0.05) is 17.7 Å². The Balaban J connectivity index is 2.63. The molecule has 1 aliphatic rings. The fraction of sp³-hybridized carbons (Fsp3) is 1.00. The van der Waals surface area contributed by atoms with E-state index >= 15 is 0 Å². The Morgan fingerprint density at radius 2 is 2.08 bits per heavy atom. The normalized spacial score (nSPS) is 35.3. The highest BCUT2D eigenvalue weighted by Gasteiger charge is 2.40. The Labute approximate surface area is 81.7 Å². The lowest BCUT2D eigenvalue weighted by Gasteiger charge is -2.38. The first kappa shape index (κ1) is 11.0. The van der Waals surface area contributed by atoms with Crippen LogP contribution in [0.25, 0.3) is 0 Å². The Morgan fingerprint density at radius 1 is 1.46 bits per heavy atom. The Kier molecular flexibility index (Phi) is 3.03. The predicted octanol–water partition coefficient (Wildman–Crippen LogP) is 1.93. The molecule has 2 atom stereocenters. The molecule has 0 aromatic rings. The van der Waals surface area contributed by atoms with E-state index in [1.807, 2.05) is 0 Å². The van der Waals surface area contributed by atoms with Gasteiger partial charge in [-0.15, -0.1) is 0 Å². The van der Waals surface area contributed by atoms with E-state index in [4.69, 9.17) is 0 Å². The lowest BCUT2D eigenvalue weighted by molar-refractivity contribution is 0.135. The molecule has 78 valence electrons. The predicted molar refractivity (Wildman–Crippen MR) is 55.7 cm³/mol. The van der Waals surface area contributed by atoms with Crippen LogP contribution in [0.15, 0.2) is 0 Å². The molecule has 1 rings (SSSR count). The number of aliphatic hydroxyl groups excluding tert-OH is 1. The fourth-order valence-corrected chi connectivity index (χ4v) is 2.55. The van der Waals surface area contributed by atoms with Crippen molar-refractivity contribution in [1.82, 2.24) is 5.32 Å². The molecule has 0 heterocycles. The molecular formula is C11H23NO. The molecule has 0 aromatic heterocycles.